The van der Waals surface area contributed by atoms with Gasteiger partial charge in [0.15, 0.2) is 11.5 Å². The summed E-state index contributed by atoms with van der Waals surface area (Å²) in [6.45, 7) is 4.22. The van der Waals surface area contributed by atoms with Crippen LogP contribution in [0.25, 0.3) is 0 Å². The minimum atomic E-state index is -2.85. The summed E-state index contributed by atoms with van der Waals surface area (Å²) in [6, 6.07) is 5.38. The molecule has 1 aromatic rings. The zero-order valence-corrected chi connectivity index (χ0v) is 14.2. The number of halogens is 2. The van der Waals surface area contributed by atoms with Crippen LogP contribution in [0.2, 0.25) is 0 Å². The van der Waals surface area contributed by atoms with Crippen molar-refractivity contribution < 1.29 is 18.3 Å². The Balaban J connectivity index is 1.73. The van der Waals surface area contributed by atoms with Crippen molar-refractivity contribution in [2.24, 2.45) is 5.41 Å². The number of para-hydroxylation sites is 1. The molecule has 1 spiro atoms. The van der Waals surface area contributed by atoms with E-state index in [0.717, 1.165) is 31.7 Å². The summed E-state index contributed by atoms with van der Waals surface area (Å²) in [5, 5.41) is 3.41. The molecule has 1 N–H and O–H groups in total. The first-order valence-corrected chi connectivity index (χ1v) is 8.74. The van der Waals surface area contributed by atoms with E-state index in [9.17, 15) is 8.78 Å². The molecule has 0 unspecified atom stereocenters. The molecule has 0 radical (unpaired) electrons. The van der Waals surface area contributed by atoms with E-state index in [1.165, 1.54) is 19.3 Å². The zero-order valence-electron chi connectivity index (χ0n) is 14.2. The molecule has 0 saturated carbocycles. The number of nitrogens with zero attached hydrogens (tertiary/aromatic N) is 1. The van der Waals surface area contributed by atoms with Gasteiger partial charge < -0.3 is 14.8 Å². The van der Waals surface area contributed by atoms with Crippen molar-refractivity contribution in [2.75, 3.05) is 32.8 Å². The standard InChI is InChI=1S/C18H26F2N2O2/c1-2-23-15-5-3-4-14(16(15)24-17(19)20)12-22-11-8-18(13-22)6-9-21-10-7-18/h3-5,17,21H,2,6-13H2,1H3. The number of piperidine rings is 1. The molecule has 2 saturated heterocycles. The number of nitrogens with one attached hydrogen (secondary N) is 1. The molecule has 134 valence electrons. The first-order valence-electron chi connectivity index (χ1n) is 8.74. The zero-order chi connectivity index (χ0) is 17.0. The number of benzene rings is 1. The van der Waals surface area contributed by atoms with Gasteiger partial charge in [0, 0.05) is 18.7 Å². The average Bonchev–Trinajstić information content (AvgIpc) is 2.93. The third kappa shape index (κ3) is 3.98. The Morgan fingerprint density at radius 3 is 2.75 bits per heavy atom. The molecule has 2 aliphatic heterocycles. The fraction of sp³-hybridized carbons (Fsp3) is 0.667. The van der Waals surface area contributed by atoms with Gasteiger partial charge in [0.1, 0.15) is 0 Å². The Morgan fingerprint density at radius 2 is 2.04 bits per heavy atom. The van der Waals surface area contributed by atoms with Gasteiger partial charge in [0.2, 0.25) is 0 Å². The maximum absolute atomic E-state index is 12.8. The molecule has 2 aliphatic rings. The van der Waals surface area contributed by atoms with E-state index in [4.69, 9.17) is 9.47 Å². The van der Waals surface area contributed by atoms with Crippen LogP contribution in [0.3, 0.4) is 0 Å². The highest BCUT2D eigenvalue weighted by molar-refractivity contribution is 5.46. The van der Waals surface area contributed by atoms with Gasteiger partial charge in [-0.05, 0) is 57.3 Å². The average molecular weight is 340 g/mol. The molecule has 0 atom stereocenters. The Bertz CT molecular complexity index is 548. The van der Waals surface area contributed by atoms with E-state index >= 15 is 0 Å². The van der Waals surface area contributed by atoms with Gasteiger partial charge in [0.25, 0.3) is 0 Å². The second-order valence-electron chi connectivity index (χ2n) is 6.77. The lowest BCUT2D eigenvalue weighted by molar-refractivity contribution is -0.0523. The molecular formula is C18H26F2N2O2. The van der Waals surface area contributed by atoms with Gasteiger partial charge >= 0.3 is 6.61 Å². The number of ether oxygens (including phenoxy) is 2. The minimum Gasteiger partial charge on any atom is -0.490 e. The SMILES string of the molecule is CCOc1cccc(CN2CCC3(CCNCC3)C2)c1OC(F)F. The predicted octanol–water partition coefficient (Wildman–Crippen LogP) is 3.26. The number of likely N-dealkylation sites (tertiary alicyclic amines) is 1. The second-order valence-corrected chi connectivity index (χ2v) is 6.77. The molecule has 4 nitrogen and oxygen atoms in total. The van der Waals surface area contributed by atoms with Gasteiger partial charge in [-0.25, -0.2) is 0 Å². The summed E-state index contributed by atoms with van der Waals surface area (Å²) >= 11 is 0. The quantitative estimate of drug-likeness (QED) is 0.862. The number of rotatable bonds is 6. The van der Waals surface area contributed by atoms with Crippen molar-refractivity contribution in [1.29, 1.82) is 0 Å². The summed E-state index contributed by atoms with van der Waals surface area (Å²) in [5.41, 5.74) is 1.17. The molecule has 0 aliphatic carbocycles. The summed E-state index contributed by atoms with van der Waals surface area (Å²) in [7, 11) is 0. The molecule has 1 aromatic carbocycles. The number of hydrogen-bond acceptors (Lipinski definition) is 4. The van der Waals surface area contributed by atoms with Crippen LogP contribution in [0.1, 0.15) is 31.7 Å². The van der Waals surface area contributed by atoms with Crippen LogP contribution in [0.4, 0.5) is 8.78 Å². The molecule has 3 rings (SSSR count). The molecule has 0 aromatic heterocycles. The maximum atomic E-state index is 12.8. The second kappa shape index (κ2) is 7.66. The van der Waals surface area contributed by atoms with Crippen LogP contribution in [-0.4, -0.2) is 44.3 Å². The van der Waals surface area contributed by atoms with Crippen LogP contribution in [-0.2, 0) is 6.54 Å². The highest BCUT2D eigenvalue weighted by Crippen LogP contribution is 2.40. The van der Waals surface area contributed by atoms with E-state index in [-0.39, 0.29) is 5.75 Å². The number of hydrogen-bond donors (Lipinski definition) is 1. The van der Waals surface area contributed by atoms with E-state index in [0.29, 0.717) is 24.3 Å². The third-order valence-corrected chi connectivity index (χ3v) is 5.14. The topological polar surface area (TPSA) is 33.7 Å². The summed E-state index contributed by atoms with van der Waals surface area (Å²) < 4.78 is 35.9. The predicted molar refractivity (Wildman–Crippen MR) is 88.7 cm³/mol. The molecule has 0 bridgehead atoms. The van der Waals surface area contributed by atoms with Crippen molar-refractivity contribution in [3.63, 3.8) is 0 Å². The van der Waals surface area contributed by atoms with Crippen molar-refractivity contribution in [1.82, 2.24) is 10.2 Å². The van der Waals surface area contributed by atoms with E-state index < -0.39 is 6.61 Å². The van der Waals surface area contributed by atoms with Crippen LogP contribution >= 0.6 is 0 Å². The lowest BCUT2D eigenvalue weighted by Gasteiger charge is -2.34. The monoisotopic (exact) mass is 340 g/mol. The van der Waals surface area contributed by atoms with Gasteiger partial charge in [-0.2, -0.15) is 8.78 Å². The Kier molecular flexibility index (Phi) is 5.56. The molecule has 6 heteroatoms. The molecular weight excluding hydrogens is 314 g/mol. The highest BCUT2D eigenvalue weighted by atomic mass is 19.3. The fourth-order valence-electron chi connectivity index (χ4n) is 3.95. The Hall–Kier alpha value is -1.40. The summed E-state index contributed by atoms with van der Waals surface area (Å²) in [4.78, 5) is 2.36. The van der Waals surface area contributed by atoms with Gasteiger partial charge in [-0.3, -0.25) is 4.90 Å². The van der Waals surface area contributed by atoms with Crippen LogP contribution < -0.4 is 14.8 Å². The van der Waals surface area contributed by atoms with Crippen molar-refractivity contribution in [3.8, 4) is 11.5 Å². The lowest BCUT2D eigenvalue weighted by Crippen LogP contribution is -2.38. The molecule has 2 heterocycles. The minimum absolute atomic E-state index is 0.181. The van der Waals surface area contributed by atoms with Crippen molar-refractivity contribution in [2.45, 2.75) is 39.3 Å². The maximum Gasteiger partial charge on any atom is 0.387 e. The Morgan fingerprint density at radius 1 is 1.25 bits per heavy atom. The van der Waals surface area contributed by atoms with Crippen LogP contribution in [0.5, 0.6) is 11.5 Å². The fourth-order valence-corrected chi connectivity index (χ4v) is 3.95. The molecule has 24 heavy (non-hydrogen) atoms. The third-order valence-electron chi connectivity index (χ3n) is 5.14. The van der Waals surface area contributed by atoms with Crippen LogP contribution in [0.15, 0.2) is 18.2 Å². The Labute approximate surface area is 142 Å². The summed E-state index contributed by atoms with van der Waals surface area (Å²) in [6.07, 6.45) is 3.58. The van der Waals surface area contributed by atoms with Crippen molar-refractivity contribution in [3.05, 3.63) is 23.8 Å². The van der Waals surface area contributed by atoms with E-state index in [2.05, 4.69) is 10.2 Å². The van der Waals surface area contributed by atoms with Crippen molar-refractivity contribution >= 4 is 0 Å². The lowest BCUT2D eigenvalue weighted by atomic mass is 9.78. The van der Waals surface area contributed by atoms with Gasteiger partial charge in [0.05, 0.1) is 6.61 Å². The number of alkyl halides is 2. The van der Waals surface area contributed by atoms with Gasteiger partial charge in [-0.1, -0.05) is 12.1 Å². The van der Waals surface area contributed by atoms with Crippen LogP contribution in [0, 0.1) is 5.41 Å². The first kappa shape index (κ1) is 17.4. The normalized spacial score (nSPS) is 20.7. The molecule has 2 fully saturated rings. The van der Waals surface area contributed by atoms with E-state index in [1.807, 2.05) is 19.1 Å². The summed E-state index contributed by atoms with van der Waals surface area (Å²) in [5.74, 6) is 0.576. The first-order chi connectivity index (χ1) is 11.6. The van der Waals surface area contributed by atoms with Gasteiger partial charge in [-0.15, -0.1) is 0 Å². The largest absolute Gasteiger partial charge is 0.490 e. The smallest absolute Gasteiger partial charge is 0.387 e. The van der Waals surface area contributed by atoms with E-state index in [1.54, 1.807) is 6.07 Å². The molecule has 0 amide bonds. The highest BCUT2D eigenvalue weighted by Gasteiger charge is 2.38.